The summed E-state index contributed by atoms with van der Waals surface area (Å²) < 4.78 is 0. The topological polar surface area (TPSA) is 79.3 Å². The number of likely N-dealkylation sites (tertiary alicyclic amines) is 1. The Bertz CT molecular complexity index is 822. The summed E-state index contributed by atoms with van der Waals surface area (Å²) in [6, 6.07) is 5.35. The van der Waals surface area contributed by atoms with Crippen molar-refractivity contribution in [1.82, 2.24) is 24.8 Å². The van der Waals surface area contributed by atoms with Gasteiger partial charge >= 0.3 is 0 Å². The Morgan fingerprint density at radius 3 is 2.81 bits per heavy atom. The Balaban J connectivity index is 1.71. The first kappa shape index (κ1) is 18.9. The van der Waals surface area contributed by atoms with Crippen molar-refractivity contribution >= 4 is 11.8 Å². The van der Waals surface area contributed by atoms with Crippen molar-refractivity contribution in [3.63, 3.8) is 0 Å². The summed E-state index contributed by atoms with van der Waals surface area (Å²) in [5, 5.41) is 0. The quantitative estimate of drug-likeness (QED) is 0.825. The number of rotatable bonds is 4. The third-order valence-electron chi connectivity index (χ3n) is 4.73. The van der Waals surface area contributed by atoms with Gasteiger partial charge in [-0.15, -0.1) is 0 Å². The van der Waals surface area contributed by atoms with Crippen molar-refractivity contribution in [2.75, 3.05) is 27.2 Å². The summed E-state index contributed by atoms with van der Waals surface area (Å²) in [5.41, 5.74) is 1.89. The smallest absolute Gasteiger partial charge is 0.272 e. The molecule has 0 radical (unpaired) electrons. The molecule has 0 unspecified atom stereocenters. The van der Waals surface area contributed by atoms with Gasteiger partial charge in [-0.3, -0.25) is 14.6 Å². The normalized spacial score (nSPS) is 16.9. The molecular formula is C20H25N5O2. The van der Waals surface area contributed by atoms with Gasteiger partial charge in [0.05, 0.1) is 5.56 Å². The van der Waals surface area contributed by atoms with Crippen LogP contribution in [-0.4, -0.2) is 63.8 Å². The van der Waals surface area contributed by atoms with E-state index < -0.39 is 0 Å². The molecule has 1 saturated heterocycles. The van der Waals surface area contributed by atoms with Gasteiger partial charge in [-0.25, -0.2) is 9.97 Å². The fourth-order valence-corrected chi connectivity index (χ4v) is 3.46. The minimum absolute atomic E-state index is 0.0233. The Kier molecular flexibility index (Phi) is 5.78. The van der Waals surface area contributed by atoms with Crippen molar-refractivity contribution in [3.8, 4) is 0 Å². The number of carbonyl (C=O) groups is 2. The molecule has 1 fully saturated rings. The molecule has 142 valence electrons. The molecule has 0 spiro atoms. The van der Waals surface area contributed by atoms with E-state index in [1.807, 2.05) is 4.90 Å². The number of carbonyl (C=O) groups excluding carboxylic acids is 2. The number of piperidine rings is 1. The first-order chi connectivity index (χ1) is 12.9. The van der Waals surface area contributed by atoms with Crippen LogP contribution < -0.4 is 0 Å². The Labute approximate surface area is 159 Å². The molecule has 3 rings (SSSR count). The van der Waals surface area contributed by atoms with Crippen LogP contribution in [0.5, 0.6) is 0 Å². The van der Waals surface area contributed by atoms with Crippen LogP contribution in [0.25, 0.3) is 0 Å². The van der Waals surface area contributed by atoms with Crippen LogP contribution in [0, 0.1) is 12.8 Å². The van der Waals surface area contributed by atoms with Crippen LogP contribution in [0.4, 0.5) is 0 Å². The van der Waals surface area contributed by atoms with E-state index >= 15 is 0 Å². The largest absolute Gasteiger partial charge is 0.343 e. The highest BCUT2D eigenvalue weighted by Gasteiger charge is 2.25. The molecule has 3 heterocycles. The van der Waals surface area contributed by atoms with Crippen LogP contribution >= 0.6 is 0 Å². The van der Waals surface area contributed by atoms with E-state index in [0.717, 1.165) is 31.5 Å². The second-order valence-electron chi connectivity index (χ2n) is 7.20. The fraction of sp³-hybridized carbons (Fsp3) is 0.450. The standard InChI is InChI=1S/C20H25N5O2/c1-14-22-17(11-18(23-14)20(27)24(2)3)10-15-6-5-9-25(13-15)19(26)16-7-4-8-21-12-16/h4,7-8,11-12,15H,5-6,9-10,13H2,1-3H3/t15-/m0/s1. The van der Waals surface area contributed by atoms with E-state index in [2.05, 4.69) is 15.0 Å². The number of hydrogen-bond acceptors (Lipinski definition) is 5. The highest BCUT2D eigenvalue weighted by Crippen LogP contribution is 2.22. The Morgan fingerprint density at radius 1 is 1.30 bits per heavy atom. The van der Waals surface area contributed by atoms with Crippen molar-refractivity contribution in [2.24, 2.45) is 5.92 Å². The third kappa shape index (κ3) is 4.67. The number of pyridine rings is 1. The second kappa shape index (κ2) is 8.24. The second-order valence-corrected chi connectivity index (χ2v) is 7.20. The summed E-state index contributed by atoms with van der Waals surface area (Å²) in [6.07, 6.45) is 6.01. The number of hydrogen-bond donors (Lipinski definition) is 0. The number of aromatic nitrogens is 3. The molecule has 0 aliphatic carbocycles. The fourth-order valence-electron chi connectivity index (χ4n) is 3.46. The molecule has 2 aromatic heterocycles. The monoisotopic (exact) mass is 367 g/mol. The van der Waals surface area contributed by atoms with Gasteiger partial charge in [0.25, 0.3) is 11.8 Å². The van der Waals surface area contributed by atoms with Crippen molar-refractivity contribution in [1.29, 1.82) is 0 Å². The van der Waals surface area contributed by atoms with Gasteiger partial charge in [-0.1, -0.05) is 0 Å². The first-order valence-corrected chi connectivity index (χ1v) is 9.19. The summed E-state index contributed by atoms with van der Waals surface area (Å²) in [5.74, 6) is 0.807. The van der Waals surface area contributed by atoms with Crippen LogP contribution in [0.15, 0.2) is 30.6 Å². The van der Waals surface area contributed by atoms with E-state index in [-0.39, 0.29) is 11.8 Å². The molecule has 0 bridgehead atoms. The molecule has 0 aromatic carbocycles. The molecule has 2 aromatic rings. The van der Waals surface area contributed by atoms with E-state index in [0.29, 0.717) is 29.5 Å². The molecule has 1 aliphatic heterocycles. The average Bonchev–Trinajstić information content (AvgIpc) is 2.67. The van der Waals surface area contributed by atoms with E-state index in [9.17, 15) is 9.59 Å². The predicted octanol–water partition coefficient (Wildman–Crippen LogP) is 1.98. The molecule has 1 atom stereocenters. The van der Waals surface area contributed by atoms with Crippen molar-refractivity contribution < 1.29 is 9.59 Å². The molecular weight excluding hydrogens is 342 g/mol. The van der Waals surface area contributed by atoms with Gasteiger partial charge in [0, 0.05) is 45.3 Å². The maximum atomic E-state index is 12.7. The lowest BCUT2D eigenvalue weighted by atomic mass is 9.92. The van der Waals surface area contributed by atoms with E-state index in [4.69, 9.17) is 0 Å². The Hall–Kier alpha value is -2.83. The zero-order valence-electron chi connectivity index (χ0n) is 16.1. The zero-order chi connectivity index (χ0) is 19.4. The maximum absolute atomic E-state index is 12.7. The summed E-state index contributed by atoms with van der Waals surface area (Å²) in [4.78, 5) is 41.1. The zero-order valence-corrected chi connectivity index (χ0v) is 16.1. The molecule has 0 saturated carbocycles. The highest BCUT2D eigenvalue weighted by molar-refractivity contribution is 5.94. The lowest BCUT2D eigenvalue weighted by Gasteiger charge is -2.32. The third-order valence-corrected chi connectivity index (χ3v) is 4.73. The summed E-state index contributed by atoms with van der Waals surface area (Å²) in [6.45, 7) is 3.25. The summed E-state index contributed by atoms with van der Waals surface area (Å²) >= 11 is 0. The van der Waals surface area contributed by atoms with Crippen LogP contribution in [-0.2, 0) is 6.42 Å². The van der Waals surface area contributed by atoms with Gasteiger partial charge in [-0.2, -0.15) is 0 Å². The van der Waals surface area contributed by atoms with Gasteiger partial charge in [-0.05, 0) is 50.3 Å². The van der Waals surface area contributed by atoms with Crippen molar-refractivity contribution in [3.05, 3.63) is 53.4 Å². The van der Waals surface area contributed by atoms with E-state index in [1.165, 1.54) is 4.90 Å². The van der Waals surface area contributed by atoms with Crippen LogP contribution in [0.1, 0.15) is 45.2 Å². The SMILES string of the molecule is Cc1nc(C[C@@H]2CCCN(C(=O)c3cccnc3)C2)cc(C(=O)N(C)C)n1. The maximum Gasteiger partial charge on any atom is 0.272 e. The predicted molar refractivity (Wildman–Crippen MR) is 101 cm³/mol. The molecule has 0 N–H and O–H groups in total. The highest BCUT2D eigenvalue weighted by atomic mass is 16.2. The van der Waals surface area contributed by atoms with Crippen LogP contribution in [0.3, 0.4) is 0 Å². The van der Waals surface area contributed by atoms with Gasteiger partial charge in [0.1, 0.15) is 11.5 Å². The minimum Gasteiger partial charge on any atom is -0.343 e. The Morgan fingerprint density at radius 2 is 2.11 bits per heavy atom. The van der Waals surface area contributed by atoms with Gasteiger partial charge in [0.2, 0.25) is 0 Å². The molecule has 7 nitrogen and oxygen atoms in total. The van der Waals surface area contributed by atoms with Crippen LogP contribution in [0.2, 0.25) is 0 Å². The number of aryl methyl sites for hydroxylation is 1. The van der Waals surface area contributed by atoms with E-state index in [1.54, 1.807) is 51.6 Å². The first-order valence-electron chi connectivity index (χ1n) is 9.19. The molecule has 1 aliphatic rings. The lowest BCUT2D eigenvalue weighted by molar-refractivity contribution is 0.0672. The number of amides is 2. The molecule has 2 amide bonds. The summed E-state index contributed by atoms with van der Waals surface area (Å²) in [7, 11) is 3.42. The van der Waals surface area contributed by atoms with Gasteiger partial charge in [0.15, 0.2) is 0 Å². The van der Waals surface area contributed by atoms with Gasteiger partial charge < -0.3 is 9.80 Å². The van der Waals surface area contributed by atoms with Crippen molar-refractivity contribution in [2.45, 2.75) is 26.2 Å². The lowest BCUT2D eigenvalue weighted by Crippen LogP contribution is -2.40. The molecule has 7 heteroatoms. The molecule has 27 heavy (non-hydrogen) atoms. The average molecular weight is 367 g/mol. The minimum atomic E-state index is -0.126. The number of nitrogens with zero attached hydrogens (tertiary/aromatic N) is 5.